The Morgan fingerprint density at radius 3 is 2.50 bits per heavy atom. The minimum Gasteiger partial charge on any atom is -0.378 e. The van der Waals surface area contributed by atoms with Crippen LogP contribution in [0.4, 0.5) is 11.4 Å². The number of benzene rings is 1. The molecule has 0 aliphatic carbocycles. The lowest BCUT2D eigenvalue weighted by molar-refractivity contribution is 0.905. The van der Waals surface area contributed by atoms with Gasteiger partial charge < -0.3 is 10.2 Å². The van der Waals surface area contributed by atoms with Gasteiger partial charge in [-0.15, -0.1) is 11.3 Å². The number of aryl methyl sites for hydroxylation is 2. The molecule has 0 saturated carbocycles. The van der Waals surface area contributed by atoms with Crippen LogP contribution in [-0.4, -0.2) is 14.1 Å². The number of nitrogens with zero attached hydrogens (tertiary/aromatic N) is 1. The molecule has 1 aromatic carbocycles. The topological polar surface area (TPSA) is 15.3 Å². The summed E-state index contributed by atoms with van der Waals surface area (Å²) in [5.41, 5.74) is 3.75. The van der Waals surface area contributed by atoms with Crippen molar-refractivity contribution in [2.24, 2.45) is 0 Å². The highest BCUT2D eigenvalue weighted by Crippen LogP contribution is 2.29. The molecule has 0 bridgehead atoms. The van der Waals surface area contributed by atoms with Crippen LogP contribution >= 0.6 is 11.3 Å². The van der Waals surface area contributed by atoms with Crippen LogP contribution in [-0.2, 0) is 6.42 Å². The zero-order chi connectivity index (χ0) is 14.7. The van der Waals surface area contributed by atoms with E-state index in [2.05, 4.69) is 75.4 Å². The van der Waals surface area contributed by atoms with Crippen molar-refractivity contribution >= 4 is 22.7 Å². The molecule has 20 heavy (non-hydrogen) atoms. The second kappa shape index (κ2) is 6.31. The highest BCUT2D eigenvalue weighted by atomic mass is 32.1. The van der Waals surface area contributed by atoms with Gasteiger partial charge in [-0.25, -0.2) is 0 Å². The summed E-state index contributed by atoms with van der Waals surface area (Å²) in [6.07, 6.45) is 1.12. The van der Waals surface area contributed by atoms with E-state index in [9.17, 15) is 0 Å². The molecule has 2 nitrogen and oxygen atoms in total. The predicted octanol–water partition coefficient (Wildman–Crippen LogP) is 4.86. The van der Waals surface area contributed by atoms with Crippen molar-refractivity contribution in [2.45, 2.75) is 33.2 Å². The van der Waals surface area contributed by atoms with E-state index < -0.39 is 0 Å². The summed E-state index contributed by atoms with van der Waals surface area (Å²) >= 11 is 1.90. The summed E-state index contributed by atoms with van der Waals surface area (Å²) in [5, 5.41) is 3.62. The maximum atomic E-state index is 3.62. The van der Waals surface area contributed by atoms with E-state index in [0.29, 0.717) is 6.04 Å². The Balaban J connectivity index is 2.13. The molecule has 1 N–H and O–H groups in total. The first kappa shape index (κ1) is 14.9. The highest BCUT2D eigenvalue weighted by molar-refractivity contribution is 7.12. The molecule has 1 aromatic heterocycles. The lowest BCUT2D eigenvalue weighted by Gasteiger charge is -2.19. The Morgan fingerprint density at radius 1 is 1.20 bits per heavy atom. The van der Waals surface area contributed by atoms with Crippen LogP contribution < -0.4 is 10.2 Å². The fourth-order valence-corrected chi connectivity index (χ4v) is 3.16. The first-order valence-corrected chi connectivity index (χ1v) is 7.96. The van der Waals surface area contributed by atoms with Gasteiger partial charge in [0.05, 0.1) is 6.04 Å². The summed E-state index contributed by atoms with van der Waals surface area (Å²) in [7, 11) is 4.14. The maximum Gasteiger partial charge on any atom is 0.0578 e. The van der Waals surface area contributed by atoms with Crippen LogP contribution in [0.2, 0.25) is 0 Å². The third-order valence-corrected chi connectivity index (χ3v) is 4.97. The lowest BCUT2D eigenvalue weighted by atomic mass is 10.1. The Labute approximate surface area is 126 Å². The predicted molar refractivity (Wildman–Crippen MR) is 91.2 cm³/mol. The molecule has 3 heteroatoms. The molecule has 1 heterocycles. The first-order chi connectivity index (χ1) is 9.51. The van der Waals surface area contributed by atoms with Crippen molar-refractivity contribution in [3.8, 4) is 0 Å². The van der Waals surface area contributed by atoms with Gasteiger partial charge in [-0.3, -0.25) is 0 Å². The Morgan fingerprint density at radius 2 is 1.95 bits per heavy atom. The van der Waals surface area contributed by atoms with Gasteiger partial charge in [0.2, 0.25) is 0 Å². The maximum absolute atomic E-state index is 3.62. The summed E-state index contributed by atoms with van der Waals surface area (Å²) in [4.78, 5) is 4.98. The average molecular weight is 288 g/mol. The third kappa shape index (κ3) is 3.34. The van der Waals surface area contributed by atoms with Crippen LogP contribution in [0.3, 0.4) is 0 Å². The van der Waals surface area contributed by atoms with E-state index in [1.807, 2.05) is 11.3 Å². The molecule has 0 saturated heterocycles. The van der Waals surface area contributed by atoms with Crippen molar-refractivity contribution in [1.29, 1.82) is 0 Å². The second-order valence-corrected chi connectivity index (χ2v) is 6.62. The molecule has 0 aliphatic rings. The molecular weight excluding hydrogens is 264 g/mol. The quantitative estimate of drug-likeness (QED) is 0.845. The lowest BCUT2D eigenvalue weighted by Crippen LogP contribution is -2.10. The number of hydrogen-bond acceptors (Lipinski definition) is 3. The largest absolute Gasteiger partial charge is 0.378 e. The van der Waals surface area contributed by atoms with Crippen LogP contribution in [0.1, 0.15) is 35.2 Å². The molecule has 0 radical (unpaired) electrons. The van der Waals surface area contributed by atoms with Gasteiger partial charge in [-0.2, -0.15) is 0 Å². The Hall–Kier alpha value is -1.48. The van der Waals surface area contributed by atoms with Gasteiger partial charge >= 0.3 is 0 Å². The first-order valence-electron chi connectivity index (χ1n) is 7.14. The highest BCUT2D eigenvalue weighted by Gasteiger charge is 2.10. The van der Waals surface area contributed by atoms with Crippen LogP contribution in [0, 0.1) is 6.92 Å². The van der Waals surface area contributed by atoms with Crippen LogP contribution in [0.25, 0.3) is 0 Å². The van der Waals surface area contributed by atoms with Gasteiger partial charge in [0.15, 0.2) is 0 Å². The van der Waals surface area contributed by atoms with E-state index in [0.717, 1.165) is 6.42 Å². The Bertz CT molecular complexity index is 572. The van der Waals surface area contributed by atoms with Gasteiger partial charge in [0.25, 0.3) is 0 Å². The van der Waals surface area contributed by atoms with Crippen molar-refractivity contribution in [3.05, 3.63) is 45.6 Å². The molecule has 1 unspecified atom stereocenters. The Kier molecular flexibility index (Phi) is 4.71. The minimum atomic E-state index is 0.351. The second-order valence-electron chi connectivity index (χ2n) is 5.42. The van der Waals surface area contributed by atoms with E-state index in [1.54, 1.807) is 0 Å². The van der Waals surface area contributed by atoms with E-state index in [4.69, 9.17) is 0 Å². The van der Waals surface area contributed by atoms with E-state index in [1.165, 1.54) is 26.7 Å². The third-order valence-electron chi connectivity index (χ3n) is 3.56. The van der Waals surface area contributed by atoms with E-state index in [-0.39, 0.29) is 0 Å². The molecule has 0 spiro atoms. The standard InChI is InChI=1S/C17H24N2S/c1-6-15-8-10-17(20-15)13(3)18-16-9-7-14(19(4)5)11-12(16)2/h7-11,13,18H,6H2,1-5H3. The molecule has 0 aliphatic heterocycles. The summed E-state index contributed by atoms with van der Waals surface area (Å²) in [6.45, 7) is 6.59. The average Bonchev–Trinajstić information content (AvgIpc) is 2.89. The molecular formula is C17H24N2S. The van der Waals surface area contributed by atoms with Gasteiger partial charge in [0.1, 0.15) is 0 Å². The van der Waals surface area contributed by atoms with Gasteiger partial charge in [-0.1, -0.05) is 6.92 Å². The minimum absolute atomic E-state index is 0.351. The summed E-state index contributed by atoms with van der Waals surface area (Å²) in [6, 6.07) is 11.4. The summed E-state index contributed by atoms with van der Waals surface area (Å²) < 4.78 is 0. The zero-order valence-electron chi connectivity index (χ0n) is 13.0. The van der Waals surface area contributed by atoms with Crippen molar-refractivity contribution in [3.63, 3.8) is 0 Å². The number of nitrogens with one attached hydrogen (secondary N) is 1. The molecule has 2 aromatic rings. The molecule has 0 fully saturated rings. The number of rotatable bonds is 5. The fraction of sp³-hybridized carbons (Fsp3) is 0.412. The van der Waals surface area contributed by atoms with Crippen molar-refractivity contribution in [1.82, 2.24) is 0 Å². The normalized spacial score (nSPS) is 12.2. The van der Waals surface area contributed by atoms with Crippen LogP contribution in [0.5, 0.6) is 0 Å². The van der Waals surface area contributed by atoms with Crippen LogP contribution in [0.15, 0.2) is 30.3 Å². The van der Waals surface area contributed by atoms with Gasteiger partial charge in [-0.05, 0) is 56.2 Å². The number of anilines is 2. The van der Waals surface area contributed by atoms with E-state index >= 15 is 0 Å². The smallest absolute Gasteiger partial charge is 0.0578 e. The fourth-order valence-electron chi connectivity index (χ4n) is 2.21. The summed E-state index contributed by atoms with van der Waals surface area (Å²) in [5.74, 6) is 0. The molecule has 1 atom stereocenters. The van der Waals surface area contributed by atoms with Crippen molar-refractivity contribution < 1.29 is 0 Å². The molecule has 0 amide bonds. The zero-order valence-corrected chi connectivity index (χ0v) is 13.8. The number of hydrogen-bond donors (Lipinski definition) is 1. The molecule has 108 valence electrons. The van der Waals surface area contributed by atoms with Crippen molar-refractivity contribution in [2.75, 3.05) is 24.3 Å². The monoisotopic (exact) mass is 288 g/mol. The van der Waals surface area contributed by atoms with Gasteiger partial charge in [0, 0.05) is 35.2 Å². The molecule has 2 rings (SSSR count). The SMILES string of the molecule is CCc1ccc(C(C)Nc2ccc(N(C)C)cc2C)s1. The number of thiophene rings is 1.